The zero-order chi connectivity index (χ0) is 21.6. The quantitative estimate of drug-likeness (QED) is 0.708. The first-order valence-electron chi connectivity index (χ1n) is 9.31. The van der Waals surface area contributed by atoms with Gasteiger partial charge in [-0.05, 0) is 48.6 Å². The average molecular weight is 424 g/mol. The van der Waals surface area contributed by atoms with Crippen LogP contribution in [0.2, 0.25) is 0 Å². The van der Waals surface area contributed by atoms with Crippen LogP contribution in [0.3, 0.4) is 0 Å². The number of benzene rings is 1. The highest BCUT2D eigenvalue weighted by Gasteiger charge is 2.76. The van der Waals surface area contributed by atoms with Gasteiger partial charge in [0, 0.05) is 11.9 Å². The summed E-state index contributed by atoms with van der Waals surface area (Å²) in [7, 11) is 1.47. The maximum atomic E-state index is 15.7. The molecule has 0 unspecified atom stereocenters. The first kappa shape index (κ1) is 20.4. The predicted molar refractivity (Wildman–Crippen MR) is 102 cm³/mol. The molecule has 2 heterocycles. The monoisotopic (exact) mass is 424 g/mol. The molecule has 160 valence electrons. The van der Waals surface area contributed by atoms with Crippen molar-refractivity contribution in [1.29, 1.82) is 0 Å². The topological polar surface area (TPSA) is 81.8 Å². The number of nitrogens with zero attached hydrogens (tertiary/aromatic N) is 2. The largest absolute Gasteiger partial charge is 0.493 e. The van der Waals surface area contributed by atoms with Gasteiger partial charge in [0.05, 0.1) is 7.11 Å². The van der Waals surface area contributed by atoms with Crippen molar-refractivity contribution in [3.05, 3.63) is 48.2 Å². The Labute approximate surface area is 170 Å². The number of nitrogens with one attached hydrogen (secondary N) is 1. The number of ether oxygens (including phenoxy) is 2. The molecule has 0 bridgehead atoms. The van der Waals surface area contributed by atoms with Crippen molar-refractivity contribution in [1.82, 2.24) is 4.98 Å². The molecule has 2 atom stereocenters. The van der Waals surface area contributed by atoms with Gasteiger partial charge in [0.15, 0.2) is 17.1 Å². The van der Waals surface area contributed by atoms with Crippen LogP contribution in [0, 0.1) is 5.92 Å². The van der Waals surface area contributed by atoms with Gasteiger partial charge < -0.3 is 20.5 Å². The lowest BCUT2D eigenvalue weighted by Crippen LogP contribution is -2.63. The summed E-state index contributed by atoms with van der Waals surface area (Å²) in [4.78, 5) is 8.22. The SMILES string of the molecule is COc1cccnc1Nc1cccc([C@@]2(C3CC3)N=C(N)CO[C@@]2(F)C(F)(F)F)c1. The summed E-state index contributed by atoms with van der Waals surface area (Å²) in [5, 5.41) is 3.00. The van der Waals surface area contributed by atoms with E-state index in [0.29, 0.717) is 30.1 Å². The zero-order valence-electron chi connectivity index (χ0n) is 16.0. The molecule has 1 aromatic carbocycles. The summed E-state index contributed by atoms with van der Waals surface area (Å²) >= 11 is 0. The Morgan fingerprint density at radius 2 is 2.00 bits per heavy atom. The van der Waals surface area contributed by atoms with Crippen LogP contribution >= 0.6 is 0 Å². The molecular weight excluding hydrogens is 404 g/mol. The Kier molecular flexibility index (Phi) is 4.84. The summed E-state index contributed by atoms with van der Waals surface area (Å²) in [6.45, 7) is -0.729. The Morgan fingerprint density at radius 1 is 1.23 bits per heavy atom. The van der Waals surface area contributed by atoms with Crippen molar-refractivity contribution < 1.29 is 27.0 Å². The van der Waals surface area contributed by atoms with E-state index in [9.17, 15) is 13.2 Å². The molecule has 2 aliphatic rings. The molecule has 30 heavy (non-hydrogen) atoms. The number of alkyl halides is 4. The third-order valence-electron chi connectivity index (χ3n) is 5.32. The summed E-state index contributed by atoms with van der Waals surface area (Å²) in [6.07, 6.45) is -2.99. The smallest absolute Gasteiger partial charge is 0.451 e. The lowest BCUT2D eigenvalue weighted by molar-refractivity contribution is -0.362. The normalized spacial score (nSPS) is 26.8. The minimum Gasteiger partial charge on any atom is -0.493 e. The van der Waals surface area contributed by atoms with Crippen molar-refractivity contribution in [3.63, 3.8) is 0 Å². The number of pyridine rings is 1. The van der Waals surface area contributed by atoms with Crippen molar-refractivity contribution in [2.45, 2.75) is 30.4 Å². The van der Waals surface area contributed by atoms with Gasteiger partial charge in [0.2, 0.25) is 0 Å². The first-order chi connectivity index (χ1) is 14.2. The second-order valence-corrected chi connectivity index (χ2v) is 7.29. The summed E-state index contributed by atoms with van der Waals surface area (Å²) in [6, 6.07) is 9.33. The first-order valence-corrected chi connectivity index (χ1v) is 9.31. The second-order valence-electron chi connectivity index (χ2n) is 7.29. The summed E-state index contributed by atoms with van der Waals surface area (Å²) in [5.74, 6) is -4.06. The molecule has 1 aliphatic carbocycles. The number of hydrogen-bond acceptors (Lipinski definition) is 6. The number of halogens is 4. The van der Waals surface area contributed by atoms with Crippen molar-refractivity contribution in [2.24, 2.45) is 16.6 Å². The van der Waals surface area contributed by atoms with Gasteiger partial charge >= 0.3 is 12.0 Å². The van der Waals surface area contributed by atoms with E-state index in [2.05, 4.69) is 15.3 Å². The Balaban J connectivity index is 1.82. The number of amidine groups is 1. The van der Waals surface area contributed by atoms with E-state index < -0.39 is 30.1 Å². The Hall–Kier alpha value is -2.88. The maximum Gasteiger partial charge on any atom is 0.451 e. The number of anilines is 2. The van der Waals surface area contributed by atoms with Gasteiger partial charge in [-0.1, -0.05) is 12.1 Å². The van der Waals surface area contributed by atoms with E-state index in [1.165, 1.54) is 31.5 Å². The third-order valence-corrected chi connectivity index (χ3v) is 5.32. The number of aliphatic imine (C=N–C) groups is 1. The molecule has 0 amide bonds. The molecule has 6 nitrogen and oxygen atoms in total. The van der Waals surface area contributed by atoms with Gasteiger partial charge in [0.1, 0.15) is 12.4 Å². The van der Waals surface area contributed by atoms with E-state index in [1.54, 1.807) is 18.2 Å². The molecule has 0 saturated heterocycles. The number of rotatable bonds is 5. The predicted octanol–water partition coefficient (Wildman–Crippen LogP) is 4.05. The number of aromatic nitrogens is 1. The minimum atomic E-state index is -5.30. The van der Waals surface area contributed by atoms with Crippen LogP contribution in [-0.2, 0) is 10.3 Å². The van der Waals surface area contributed by atoms with Crippen LogP contribution in [0.4, 0.5) is 29.1 Å². The minimum absolute atomic E-state index is 0.0207. The molecule has 2 aromatic rings. The van der Waals surface area contributed by atoms with Gasteiger partial charge in [-0.25, -0.2) is 4.98 Å². The molecule has 4 rings (SSSR count). The van der Waals surface area contributed by atoms with Crippen LogP contribution < -0.4 is 15.8 Å². The third kappa shape index (κ3) is 3.15. The molecular formula is C20H20F4N4O2. The van der Waals surface area contributed by atoms with Crippen LogP contribution in [0.1, 0.15) is 18.4 Å². The molecule has 1 aromatic heterocycles. The molecule has 0 radical (unpaired) electrons. The van der Waals surface area contributed by atoms with Gasteiger partial charge in [-0.2, -0.15) is 17.6 Å². The fraction of sp³-hybridized carbons (Fsp3) is 0.400. The number of nitrogens with two attached hydrogens (primary N) is 1. The zero-order valence-corrected chi connectivity index (χ0v) is 16.0. The average Bonchev–Trinajstić information content (AvgIpc) is 3.55. The molecule has 1 saturated carbocycles. The van der Waals surface area contributed by atoms with Crippen LogP contribution in [0.5, 0.6) is 5.75 Å². The van der Waals surface area contributed by atoms with Crippen molar-refractivity contribution in [3.8, 4) is 5.75 Å². The van der Waals surface area contributed by atoms with Gasteiger partial charge in [-0.3, -0.25) is 4.99 Å². The molecule has 10 heteroatoms. The second kappa shape index (κ2) is 7.12. The summed E-state index contributed by atoms with van der Waals surface area (Å²) in [5.41, 5.74) is 3.82. The van der Waals surface area contributed by atoms with E-state index in [-0.39, 0.29) is 11.4 Å². The van der Waals surface area contributed by atoms with Gasteiger partial charge in [0.25, 0.3) is 0 Å². The lowest BCUT2D eigenvalue weighted by atomic mass is 9.77. The van der Waals surface area contributed by atoms with Crippen molar-refractivity contribution in [2.75, 3.05) is 19.0 Å². The number of hydrogen-bond donors (Lipinski definition) is 2. The van der Waals surface area contributed by atoms with Gasteiger partial charge in [-0.15, -0.1) is 0 Å². The van der Waals surface area contributed by atoms with E-state index in [4.69, 9.17) is 15.2 Å². The lowest BCUT2D eigenvalue weighted by Gasteiger charge is -2.46. The highest BCUT2D eigenvalue weighted by Crippen LogP contribution is 2.61. The Bertz CT molecular complexity index is 979. The van der Waals surface area contributed by atoms with E-state index in [1.807, 2.05) is 0 Å². The van der Waals surface area contributed by atoms with E-state index >= 15 is 4.39 Å². The highest BCUT2D eigenvalue weighted by molar-refractivity contribution is 5.83. The number of methoxy groups -OCH3 is 1. The van der Waals surface area contributed by atoms with Crippen LogP contribution in [0.15, 0.2) is 47.6 Å². The summed E-state index contributed by atoms with van der Waals surface area (Å²) < 4.78 is 67.3. The molecule has 1 aliphatic heterocycles. The standard InChI is InChI=1S/C20H20F4N4O2/c1-29-15-6-3-9-26-17(15)27-14-5-2-4-13(10-14)18(12-7-8-12)19(21,20(22,23)24)30-11-16(25)28-18/h2-6,9-10,12H,7-8,11H2,1H3,(H2,25,28)(H,26,27)/t18-,19-/m1/s1. The fourth-order valence-electron chi connectivity index (χ4n) is 3.87. The van der Waals surface area contributed by atoms with E-state index in [0.717, 1.165) is 0 Å². The maximum absolute atomic E-state index is 15.7. The Morgan fingerprint density at radius 3 is 2.67 bits per heavy atom. The highest BCUT2D eigenvalue weighted by atomic mass is 19.4. The van der Waals surface area contributed by atoms with Crippen LogP contribution in [0.25, 0.3) is 0 Å². The molecule has 0 spiro atoms. The van der Waals surface area contributed by atoms with Crippen molar-refractivity contribution >= 4 is 17.3 Å². The molecule has 3 N–H and O–H groups in total. The fourth-order valence-corrected chi connectivity index (χ4v) is 3.87. The van der Waals surface area contributed by atoms with Crippen LogP contribution in [-0.4, -0.2) is 36.6 Å². The molecule has 1 fully saturated rings.